The number of rotatable bonds is 8. The molecule has 0 spiro atoms. The molecule has 0 unspecified atom stereocenters. The molecule has 2 aromatic rings. The molecule has 25 heavy (non-hydrogen) atoms. The first-order chi connectivity index (χ1) is 11.9. The van der Waals surface area contributed by atoms with Crippen molar-refractivity contribution >= 4 is 17.6 Å². The van der Waals surface area contributed by atoms with Gasteiger partial charge < -0.3 is 15.2 Å². The van der Waals surface area contributed by atoms with Gasteiger partial charge in [0.15, 0.2) is 0 Å². The lowest BCUT2D eigenvalue weighted by molar-refractivity contribution is -0.142. The zero-order valence-corrected chi connectivity index (χ0v) is 14.5. The minimum Gasteiger partial charge on any atom is -0.494 e. The van der Waals surface area contributed by atoms with Crippen molar-refractivity contribution in [2.24, 2.45) is 0 Å². The highest BCUT2D eigenvalue weighted by atomic mass is 16.5. The van der Waals surface area contributed by atoms with Gasteiger partial charge >= 0.3 is 5.97 Å². The first-order valence-corrected chi connectivity index (χ1v) is 8.21. The first kappa shape index (κ1) is 18.5. The van der Waals surface area contributed by atoms with Crippen LogP contribution in [0, 0.1) is 0 Å². The maximum Gasteiger partial charge on any atom is 0.313 e. The van der Waals surface area contributed by atoms with E-state index in [1.165, 1.54) is 0 Å². The number of carbonyl (C=O) groups excluding carboxylic acids is 1. The Balaban J connectivity index is 1.78. The molecular formula is C20H23NO4. The maximum absolute atomic E-state index is 12.0. The number of carboxylic acids is 1. The molecule has 0 aromatic heterocycles. The normalized spacial score (nSPS) is 11.0. The van der Waals surface area contributed by atoms with E-state index in [-0.39, 0.29) is 5.91 Å². The summed E-state index contributed by atoms with van der Waals surface area (Å²) in [5.41, 5.74) is 0.380. The molecule has 0 fully saturated rings. The fourth-order valence-corrected chi connectivity index (χ4v) is 2.26. The van der Waals surface area contributed by atoms with Crippen LogP contribution >= 0.6 is 0 Å². The minimum absolute atomic E-state index is 0.0955. The second kappa shape index (κ2) is 8.33. The van der Waals surface area contributed by atoms with Crippen LogP contribution in [-0.2, 0) is 15.0 Å². The van der Waals surface area contributed by atoms with Gasteiger partial charge in [-0.15, -0.1) is 0 Å². The summed E-state index contributed by atoms with van der Waals surface area (Å²) in [6, 6.07) is 16.4. The summed E-state index contributed by atoms with van der Waals surface area (Å²) >= 11 is 0. The molecule has 0 aliphatic heterocycles. The number of carboxylic acid groups (broad SMARTS) is 1. The van der Waals surface area contributed by atoms with Gasteiger partial charge in [-0.25, -0.2) is 0 Å². The van der Waals surface area contributed by atoms with Crippen LogP contribution in [-0.4, -0.2) is 23.6 Å². The number of amides is 1. The van der Waals surface area contributed by atoms with E-state index < -0.39 is 11.4 Å². The topological polar surface area (TPSA) is 75.6 Å². The van der Waals surface area contributed by atoms with Gasteiger partial charge in [-0.1, -0.05) is 30.3 Å². The van der Waals surface area contributed by atoms with Crippen LogP contribution < -0.4 is 10.1 Å². The van der Waals surface area contributed by atoms with Crippen molar-refractivity contribution in [3.05, 3.63) is 60.2 Å². The maximum atomic E-state index is 12.0. The van der Waals surface area contributed by atoms with E-state index in [0.717, 1.165) is 5.75 Å². The van der Waals surface area contributed by atoms with Gasteiger partial charge in [0.1, 0.15) is 5.75 Å². The smallest absolute Gasteiger partial charge is 0.313 e. The second-order valence-electron chi connectivity index (χ2n) is 6.32. The molecule has 2 aromatic carbocycles. The molecule has 2 rings (SSSR count). The molecule has 0 radical (unpaired) electrons. The number of hydrogen-bond acceptors (Lipinski definition) is 3. The Labute approximate surface area is 147 Å². The molecule has 2 N–H and O–H groups in total. The molecular weight excluding hydrogens is 318 g/mol. The summed E-state index contributed by atoms with van der Waals surface area (Å²) in [6.45, 7) is 3.77. The molecule has 0 heterocycles. The summed E-state index contributed by atoms with van der Waals surface area (Å²) in [6.07, 6.45) is 0.972. The first-order valence-electron chi connectivity index (χ1n) is 8.21. The Morgan fingerprint density at radius 3 is 2.28 bits per heavy atom. The van der Waals surface area contributed by atoms with Gasteiger partial charge in [-0.3, -0.25) is 9.59 Å². The van der Waals surface area contributed by atoms with Crippen LogP contribution in [0.2, 0.25) is 0 Å². The van der Waals surface area contributed by atoms with E-state index in [1.54, 1.807) is 38.1 Å². The quantitative estimate of drug-likeness (QED) is 0.715. The highest BCUT2D eigenvalue weighted by molar-refractivity contribution is 5.90. The van der Waals surface area contributed by atoms with E-state index in [2.05, 4.69) is 5.32 Å². The number of nitrogens with one attached hydrogen (secondary N) is 1. The Morgan fingerprint density at radius 2 is 1.68 bits per heavy atom. The summed E-state index contributed by atoms with van der Waals surface area (Å²) in [7, 11) is 0. The van der Waals surface area contributed by atoms with Gasteiger partial charge in [0.2, 0.25) is 5.91 Å². The van der Waals surface area contributed by atoms with Crippen LogP contribution in [0.15, 0.2) is 54.6 Å². The highest BCUT2D eigenvalue weighted by Crippen LogP contribution is 2.24. The van der Waals surface area contributed by atoms with Crippen LogP contribution in [0.5, 0.6) is 5.75 Å². The lowest BCUT2D eigenvalue weighted by Crippen LogP contribution is -2.28. The number of carbonyl (C=O) groups is 2. The van der Waals surface area contributed by atoms with Gasteiger partial charge in [0.25, 0.3) is 0 Å². The highest BCUT2D eigenvalue weighted by Gasteiger charge is 2.29. The van der Waals surface area contributed by atoms with Gasteiger partial charge in [0, 0.05) is 12.1 Å². The van der Waals surface area contributed by atoms with Gasteiger partial charge in [-0.2, -0.15) is 0 Å². The summed E-state index contributed by atoms with van der Waals surface area (Å²) in [5.74, 6) is -0.191. The Bertz CT molecular complexity index is 708. The molecule has 0 aliphatic rings. The average molecular weight is 341 g/mol. The largest absolute Gasteiger partial charge is 0.494 e. The predicted octanol–water partition coefficient (Wildman–Crippen LogP) is 3.85. The molecule has 0 atom stereocenters. The SMILES string of the molecule is CC(C)(C(=O)O)c1ccc(NC(=O)CCCOc2ccccc2)cc1. The fourth-order valence-electron chi connectivity index (χ4n) is 2.26. The van der Waals surface area contributed by atoms with Crippen molar-refractivity contribution in [3.63, 3.8) is 0 Å². The predicted molar refractivity (Wildman–Crippen MR) is 96.9 cm³/mol. The van der Waals surface area contributed by atoms with E-state index >= 15 is 0 Å². The Hall–Kier alpha value is -2.82. The number of hydrogen-bond donors (Lipinski definition) is 2. The van der Waals surface area contributed by atoms with Crippen LogP contribution in [0.3, 0.4) is 0 Å². The van der Waals surface area contributed by atoms with E-state index in [4.69, 9.17) is 4.74 Å². The number of aliphatic carboxylic acids is 1. The molecule has 5 nitrogen and oxygen atoms in total. The van der Waals surface area contributed by atoms with Crippen molar-refractivity contribution in [1.82, 2.24) is 0 Å². The third-order valence-electron chi connectivity index (χ3n) is 3.99. The van der Waals surface area contributed by atoms with Crippen molar-refractivity contribution in [2.75, 3.05) is 11.9 Å². The van der Waals surface area contributed by atoms with Crippen molar-refractivity contribution in [2.45, 2.75) is 32.1 Å². The number of ether oxygens (including phenoxy) is 1. The van der Waals surface area contributed by atoms with Crippen LogP contribution in [0.25, 0.3) is 0 Å². The monoisotopic (exact) mass is 341 g/mol. The molecule has 0 aliphatic carbocycles. The third-order valence-corrected chi connectivity index (χ3v) is 3.99. The summed E-state index contributed by atoms with van der Waals surface area (Å²) in [4.78, 5) is 23.2. The van der Waals surface area contributed by atoms with Crippen molar-refractivity contribution in [3.8, 4) is 5.75 Å². The number of anilines is 1. The van der Waals surface area contributed by atoms with Crippen molar-refractivity contribution in [1.29, 1.82) is 0 Å². The standard InChI is InChI=1S/C20H23NO4/c1-20(2,19(23)24)15-10-12-16(13-11-15)21-18(22)9-6-14-25-17-7-4-3-5-8-17/h3-5,7-8,10-13H,6,9,14H2,1-2H3,(H,21,22)(H,23,24). The van der Waals surface area contributed by atoms with E-state index in [0.29, 0.717) is 30.7 Å². The van der Waals surface area contributed by atoms with E-state index in [9.17, 15) is 14.7 Å². The molecule has 0 saturated heterocycles. The summed E-state index contributed by atoms with van der Waals surface area (Å²) < 4.78 is 5.55. The van der Waals surface area contributed by atoms with Gasteiger partial charge in [-0.05, 0) is 50.1 Å². The van der Waals surface area contributed by atoms with Crippen LogP contribution in [0.1, 0.15) is 32.3 Å². The fraction of sp³-hybridized carbons (Fsp3) is 0.300. The Morgan fingerprint density at radius 1 is 1.04 bits per heavy atom. The zero-order valence-electron chi connectivity index (χ0n) is 14.5. The number of benzene rings is 2. The Kier molecular flexibility index (Phi) is 6.17. The number of para-hydroxylation sites is 1. The zero-order chi connectivity index (χ0) is 18.3. The minimum atomic E-state index is -0.961. The molecule has 132 valence electrons. The molecule has 5 heteroatoms. The summed E-state index contributed by atoms with van der Waals surface area (Å²) in [5, 5.41) is 12.0. The van der Waals surface area contributed by atoms with E-state index in [1.807, 2.05) is 30.3 Å². The average Bonchev–Trinajstić information content (AvgIpc) is 2.60. The molecule has 0 bridgehead atoms. The van der Waals surface area contributed by atoms with Crippen molar-refractivity contribution < 1.29 is 19.4 Å². The molecule has 0 saturated carbocycles. The lowest BCUT2D eigenvalue weighted by Gasteiger charge is -2.19. The third kappa shape index (κ3) is 5.35. The molecule has 1 amide bonds. The lowest BCUT2D eigenvalue weighted by atomic mass is 9.85. The van der Waals surface area contributed by atoms with Crippen LogP contribution in [0.4, 0.5) is 5.69 Å². The van der Waals surface area contributed by atoms with Gasteiger partial charge in [0.05, 0.1) is 12.0 Å². The second-order valence-corrected chi connectivity index (χ2v) is 6.32.